The Morgan fingerprint density at radius 1 is 1.30 bits per heavy atom. The van der Waals surface area contributed by atoms with Gasteiger partial charge in [0, 0.05) is 25.2 Å². The lowest BCUT2D eigenvalue weighted by Gasteiger charge is -2.51. The van der Waals surface area contributed by atoms with Gasteiger partial charge in [-0.25, -0.2) is 0 Å². The van der Waals surface area contributed by atoms with Gasteiger partial charge in [-0.15, -0.1) is 0 Å². The van der Waals surface area contributed by atoms with Gasteiger partial charge in [-0.1, -0.05) is 6.92 Å². The highest BCUT2D eigenvalue weighted by molar-refractivity contribution is 4.99. The molecule has 2 atom stereocenters. The number of rotatable bonds is 5. The maximum absolute atomic E-state index is 6.21. The number of methoxy groups -OCH3 is 1. The van der Waals surface area contributed by atoms with Gasteiger partial charge in [-0.05, 0) is 65.2 Å². The number of piperidine rings is 1. The lowest BCUT2D eigenvalue weighted by molar-refractivity contribution is -0.0381. The zero-order valence-corrected chi connectivity index (χ0v) is 13.6. The summed E-state index contributed by atoms with van der Waals surface area (Å²) in [6.07, 6.45) is 7.73. The molecule has 1 saturated heterocycles. The van der Waals surface area contributed by atoms with E-state index in [4.69, 9.17) is 10.5 Å². The van der Waals surface area contributed by atoms with Crippen molar-refractivity contribution in [3.63, 3.8) is 0 Å². The quantitative estimate of drug-likeness (QED) is 0.834. The van der Waals surface area contributed by atoms with Crippen molar-refractivity contribution in [3.05, 3.63) is 0 Å². The summed E-state index contributed by atoms with van der Waals surface area (Å²) in [6, 6.07) is 0.692. The second kappa shape index (κ2) is 7.21. The van der Waals surface area contributed by atoms with E-state index in [-0.39, 0.29) is 5.54 Å². The summed E-state index contributed by atoms with van der Waals surface area (Å²) >= 11 is 0. The molecule has 0 amide bonds. The standard InChI is InChI=1S/C16H33N3O/c1-4-19-10-7-14(8-11-19)18(2)16(13-17)9-5-6-15(12-16)20-3/h14-15H,4-13,17H2,1-3H3. The van der Waals surface area contributed by atoms with Crippen molar-refractivity contribution in [3.8, 4) is 0 Å². The highest BCUT2D eigenvalue weighted by Crippen LogP contribution is 2.36. The number of nitrogens with two attached hydrogens (primary N) is 1. The zero-order chi connectivity index (χ0) is 14.6. The first-order chi connectivity index (χ1) is 9.65. The van der Waals surface area contributed by atoms with Crippen molar-refractivity contribution in [1.29, 1.82) is 0 Å². The van der Waals surface area contributed by atoms with Crippen molar-refractivity contribution >= 4 is 0 Å². The normalized spacial score (nSPS) is 33.8. The average Bonchev–Trinajstić information content (AvgIpc) is 2.54. The van der Waals surface area contributed by atoms with Crippen LogP contribution in [-0.2, 0) is 4.74 Å². The number of likely N-dealkylation sites (tertiary alicyclic amines) is 1. The third-order valence-electron chi connectivity index (χ3n) is 5.79. The Morgan fingerprint density at radius 3 is 2.55 bits per heavy atom. The summed E-state index contributed by atoms with van der Waals surface area (Å²) in [5, 5.41) is 0. The molecule has 4 nitrogen and oxygen atoms in total. The second-order valence-electron chi connectivity index (χ2n) is 6.66. The molecule has 2 aliphatic rings. The average molecular weight is 283 g/mol. The minimum atomic E-state index is 0.165. The molecule has 0 spiro atoms. The predicted octanol–water partition coefficient (Wildman–Crippen LogP) is 1.69. The van der Waals surface area contributed by atoms with Crippen molar-refractivity contribution in [2.75, 3.05) is 40.3 Å². The van der Waals surface area contributed by atoms with Crippen LogP contribution in [0.3, 0.4) is 0 Å². The molecule has 20 heavy (non-hydrogen) atoms. The van der Waals surface area contributed by atoms with E-state index in [9.17, 15) is 0 Å². The number of nitrogens with zero attached hydrogens (tertiary/aromatic N) is 2. The third-order valence-corrected chi connectivity index (χ3v) is 5.79. The molecule has 0 radical (unpaired) electrons. The minimum Gasteiger partial charge on any atom is -0.381 e. The molecule has 1 aliphatic heterocycles. The van der Waals surface area contributed by atoms with E-state index in [1.807, 2.05) is 7.11 Å². The van der Waals surface area contributed by atoms with Crippen molar-refractivity contribution in [1.82, 2.24) is 9.80 Å². The summed E-state index contributed by atoms with van der Waals surface area (Å²) in [6.45, 7) is 6.68. The van der Waals surface area contributed by atoms with Crippen LogP contribution in [0.2, 0.25) is 0 Å². The Balaban J connectivity index is 1.99. The molecule has 0 bridgehead atoms. The van der Waals surface area contributed by atoms with Gasteiger partial charge in [-0.2, -0.15) is 0 Å². The van der Waals surface area contributed by atoms with Crippen LogP contribution in [0.5, 0.6) is 0 Å². The third kappa shape index (κ3) is 3.35. The molecule has 2 N–H and O–H groups in total. The molecule has 2 rings (SSSR count). The lowest BCUT2D eigenvalue weighted by atomic mass is 9.77. The van der Waals surface area contributed by atoms with Crippen molar-refractivity contribution in [2.45, 2.75) is 63.1 Å². The smallest absolute Gasteiger partial charge is 0.0589 e. The van der Waals surface area contributed by atoms with E-state index in [0.717, 1.165) is 13.0 Å². The first-order valence-electron chi connectivity index (χ1n) is 8.33. The van der Waals surface area contributed by atoms with Gasteiger partial charge in [0.1, 0.15) is 0 Å². The maximum atomic E-state index is 6.21. The summed E-state index contributed by atoms with van der Waals surface area (Å²) in [4.78, 5) is 5.17. The molecule has 2 unspecified atom stereocenters. The van der Waals surface area contributed by atoms with Gasteiger partial charge < -0.3 is 15.4 Å². The fourth-order valence-corrected chi connectivity index (χ4v) is 4.15. The first kappa shape index (κ1) is 16.2. The number of likely N-dealkylation sites (N-methyl/N-ethyl adjacent to an activating group) is 1. The van der Waals surface area contributed by atoms with Crippen molar-refractivity contribution < 1.29 is 4.74 Å². The molecule has 1 saturated carbocycles. The number of hydrogen-bond donors (Lipinski definition) is 1. The van der Waals surface area contributed by atoms with E-state index in [1.54, 1.807) is 0 Å². The number of hydrogen-bond acceptors (Lipinski definition) is 4. The van der Waals surface area contributed by atoms with Crippen molar-refractivity contribution in [2.24, 2.45) is 5.73 Å². The van der Waals surface area contributed by atoms with E-state index >= 15 is 0 Å². The molecule has 0 aromatic heterocycles. The molecule has 2 fully saturated rings. The Hall–Kier alpha value is -0.160. The van der Waals surface area contributed by atoms with Gasteiger partial charge in [0.25, 0.3) is 0 Å². The second-order valence-corrected chi connectivity index (χ2v) is 6.66. The van der Waals surface area contributed by atoms with Crippen LogP contribution in [0, 0.1) is 0 Å². The monoisotopic (exact) mass is 283 g/mol. The number of ether oxygens (including phenoxy) is 1. The Morgan fingerprint density at radius 2 is 2.00 bits per heavy atom. The van der Waals surface area contributed by atoms with Gasteiger partial charge in [0.05, 0.1) is 6.10 Å². The van der Waals surface area contributed by atoms with Crippen LogP contribution >= 0.6 is 0 Å². The molecule has 118 valence electrons. The molecule has 0 aromatic rings. The van der Waals surface area contributed by atoms with Crippen LogP contribution in [0.4, 0.5) is 0 Å². The topological polar surface area (TPSA) is 41.7 Å². The van der Waals surface area contributed by atoms with E-state index < -0.39 is 0 Å². The van der Waals surface area contributed by atoms with Crippen LogP contribution in [-0.4, -0.2) is 67.8 Å². The molecule has 0 aromatic carbocycles. The summed E-state index contributed by atoms with van der Waals surface area (Å²) in [5.74, 6) is 0. The highest BCUT2D eigenvalue weighted by atomic mass is 16.5. The fraction of sp³-hybridized carbons (Fsp3) is 1.00. The predicted molar refractivity (Wildman–Crippen MR) is 83.9 cm³/mol. The Bertz CT molecular complexity index is 291. The lowest BCUT2D eigenvalue weighted by Crippen LogP contribution is -2.60. The highest BCUT2D eigenvalue weighted by Gasteiger charge is 2.41. The van der Waals surface area contributed by atoms with Crippen LogP contribution in [0.1, 0.15) is 45.4 Å². The van der Waals surface area contributed by atoms with Crippen LogP contribution < -0.4 is 5.73 Å². The maximum Gasteiger partial charge on any atom is 0.0589 e. The molecular weight excluding hydrogens is 250 g/mol. The van der Waals surface area contributed by atoms with Gasteiger partial charge in [0.2, 0.25) is 0 Å². The largest absolute Gasteiger partial charge is 0.381 e. The summed E-state index contributed by atoms with van der Waals surface area (Å²) in [5.41, 5.74) is 6.37. The minimum absolute atomic E-state index is 0.165. The van der Waals surface area contributed by atoms with Crippen LogP contribution in [0.25, 0.3) is 0 Å². The SMILES string of the molecule is CCN1CCC(N(C)C2(CN)CCCC(OC)C2)CC1. The fourth-order valence-electron chi connectivity index (χ4n) is 4.15. The zero-order valence-electron chi connectivity index (χ0n) is 13.6. The van der Waals surface area contributed by atoms with E-state index in [1.165, 1.54) is 51.7 Å². The molecule has 4 heteroatoms. The Kier molecular flexibility index (Phi) is 5.84. The van der Waals surface area contributed by atoms with E-state index in [2.05, 4.69) is 23.8 Å². The van der Waals surface area contributed by atoms with Gasteiger partial charge in [0.15, 0.2) is 0 Å². The molecule has 1 aliphatic carbocycles. The van der Waals surface area contributed by atoms with E-state index in [0.29, 0.717) is 12.1 Å². The van der Waals surface area contributed by atoms with Crippen LogP contribution in [0.15, 0.2) is 0 Å². The summed E-state index contributed by atoms with van der Waals surface area (Å²) in [7, 11) is 4.15. The van der Waals surface area contributed by atoms with Gasteiger partial charge in [-0.3, -0.25) is 4.90 Å². The molecular formula is C16H33N3O. The molecule has 1 heterocycles. The van der Waals surface area contributed by atoms with Gasteiger partial charge >= 0.3 is 0 Å². The summed E-state index contributed by atoms with van der Waals surface area (Å²) < 4.78 is 5.63. The Labute approximate surface area is 124 Å². The first-order valence-corrected chi connectivity index (χ1v) is 8.33.